The first kappa shape index (κ1) is 20.9. The van der Waals surface area contributed by atoms with E-state index in [4.69, 9.17) is 55.6 Å². The summed E-state index contributed by atoms with van der Waals surface area (Å²) in [6.07, 6.45) is 1.54. The van der Waals surface area contributed by atoms with Crippen LogP contribution in [0, 0.1) is 0 Å². The first-order valence-electron chi connectivity index (χ1n) is 8.23. The molecule has 10 heteroatoms. The Kier molecular flexibility index (Phi) is 6.78. The summed E-state index contributed by atoms with van der Waals surface area (Å²) in [4.78, 5) is 12.3. The predicted octanol–water partition coefficient (Wildman–Crippen LogP) is 5.62. The number of hydrogen-bond donors (Lipinski definition) is 1. The van der Waals surface area contributed by atoms with Gasteiger partial charge in [0, 0.05) is 11.6 Å². The van der Waals surface area contributed by atoms with Gasteiger partial charge in [-0.3, -0.25) is 9.48 Å². The molecule has 1 aromatic carbocycles. The molecule has 1 N–H and O–H groups in total. The highest BCUT2D eigenvalue weighted by Gasteiger charge is 2.15. The molecule has 2 aromatic heterocycles. The highest BCUT2D eigenvalue weighted by atomic mass is 35.5. The summed E-state index contributed by atoms with van der Waals surface area (Å²) in [5, 5.41) is 8.34. The highest BCUT2D eigenvalue weighted by molar-refractivity contribution is 6.40. The number of carbonyl (C=O) groups is 1. The van der Waals surface area contributed by atoms with Gasteiger partial charge in [0.05, 0.1) is 33.5 Å². The van der Waals surface area contributed by atoms with Crippen molar-refractivity contribution in [2.75, 3.05) is 0 Å². The smallest absolute Gasteiger partial charge is 0.287 e. The standard InChI is InChI=1S/C18H15Cl4N3O3/c1-2-25-15(14(22)7-24-25)8-23-18(26)16-4-3-11(28-16)9-27-17-12(20)5-10(19)6-13(17)21/h3-7H,2,8-9H2,1H3,(H,23,26). The van der Waals surface area contributed by atoms with Crippen LogP contribution in [0.15, 0.2) is 34.9 Å². The van der Waals surface area contributed by atoms with E-state index in [1.807, 2.05) is 6.92 Å². The van der Waals surface area contributed by atoms with E-state index in [-0.39, 0.29) is 40.6 Å². The Bertz CT molecular complexity index is 977. The van der Waals surface area contributed by atoms with Crippen LogP contribution >= 0.6 is 46.4 Å². The minimum atomic E-state index is -0.381. The number of carbonyl (C=O) groups excluding carboxylic acids is 1. The highest BCUT2D eigenvalue weighted by Crippen LogP contribution is 2.36. The van der Waals surface area contributed by atoms with Crippen molar-refractivity contribution in [3.63, 3.8) is 0 Å². The molecule has 2 heterocycles. The predicted molar refractivity (Wildman–Crippen MR) is 109 cm³/mol. The van der Waals surface area contributed by atoms with Gasteiger partial charge in [0.15, 0.2) is 11.5 Å². The number of benzene rings is 1. The van der Waals surface area contributed by atoms with Crippen LogP contribution in [-0.2, 0) is 19.7 Å². The van der Waals surface area contributed by atoms with E-state index in [0.717, 1.165) is 5.69 Å². The van der Waals surface area contributed by atoms with Crippen LogP contribution in [0.2, 0.25) is 20.1 Å². The van der Waals surface area contributed by atoms with E-state index >= 15 is 0 Å². The normalized spacial score (nSPS) is 10.9. The monoisotopic (exact) mass is 461 g/mol. The quantitative estimate of drug-likeness (QED) is 0.494. The maximum atomic E-state index is 12.3. The second kappa shape index (κ2) is 9.09. The molecule has 0 unspecified atom stereocenters. The molecule has 0 saturated carbocycles. The SMILES string of the molecule is CCn1ncc(Cl)c1CNC(=O)c1ccc(COc2c(Cl)cc(Cl)cc2Cl)o1. The second-order valence-corrected chi connectivity index (χ2v) is 7.35. The summed E-state index contributed by atoms with van der Waals surface area (Å²) in [5.74, 6) is 0.487. The van der Waals surface area contributed by atoms with Crippen LogP contribution in [0.3, 0.4) is 0 Å². The third kappa shape index (κ3) is 4.75. The zero-order chi connectivity index (χ0) is 20.3. The number of rotatable bonds is 7. The summed E-state index contributed by atoms with van der Waals surface area (Å²) in [5.41, 5.74) is 0.722. The second-order valence-electron chi connectivity index (χ2n) is 5.69. The molecule has 0 spiro atoms. The maximum Gasteiger partial charge on any atom is 0.287 e. The third-order valence-electron chi connectivity index (χ3n) is 3.82. The molecule has 148 valence electrons. The van der Waals surface area contributed by atoms with Crippen molar-refractivity contribution in [1.29, 1.82) is 0 Å². The number of furan rings is 1. The minimum Gasteiger partial charge on any atom is -0.483 e. The van der Waals surface area contributed by atoms with E-state index in [0.29, 0.717) is 22.4 Å². The first-order chi connectivity index (χ1) is 13.4. The largest absolute Gasteiger partial charge is 0.483 e. The van der Waals surface area contributed by atoms with Crippen LogP contribution in [0.1, 0.15) is 28.9 Å². The maximum absolute atomic E-state index is 12.3. The van der Waals surface area contributed by atoms with Gasteiger partial charge in [-0.2, -0.15) is 5.10 Å². The van der Waals surface area contributed by atoms with Gasteiger partial charge in [-0.25, -0.2) is 0 Å². The Morgan fingerprint density at radius 2 is 1.89 bits per heavy atom. The van der Waals surface area contributed by atoms with Crippen LogP contribution < -0.4 is 10.1 Å². The van der Waals surface area contributed by atoms with Gasteiger partial charge >= 0.3 is 0 Å². The van der Waals surface area contributed by atoms with Crippen molar-refractivity contribution in [2.24, 2.45) is 0 Å². The number of hydrogen-bond acceptors (Lipinski definition) is 4. The molecule has 0 atom stereocenters. The Morgan fingerprint density at radius 1 is 1.18 bits per heavy atom. The summed E-state index contributed by atoms with van der Waals surface area (Å²) in [6.45, 7) is 2.86. The number of amides is 1. The van der Waals surface area contributed by atoms with Gasteiger partial charge in [0.2, 0.25) is 0 Å². The Morgan fingerprint density at radius 3 is 2.57 bits per heavy atom. The Labute approximate surface area is 181 Å². The molecule has 0 bridgehead atoms. The zero-order valence-electron chi connectivity index (χ0n) is 14.6. The van der Waals surface area contributed by atoms with E-state index in [2.05, 4.69) is 10.4 Å². The average molecular weight is 463 g/mol. The zero-order valence-corrected chi connectivity index (χ0v) is 17.7. The molecule has 0 aliphatic carbocycles. The van der Waals surface area contributed by atoms with Crippen molar-refractivity contribution < 1.29 is 13.9 Å². The van der Waals surface area contributed by atoms with Crippen molar-refractivity contribution >= 4 is 52.3 Å². The number of aromatic nitrogens is 2. The van der Waals surface area contributed by atoms with Gasteiger partial charge in [-0.15, -0.1) is 0 Å². The number of ether oxygens (including phenoxy) is 1. The number of nitrogens with zero attached hydrogens (tertiary/aromatic N) is 2. The lowest BCUT2D eigenvalue weighted by atomic mass is 10.3. The van der Waals surface area contributed by atoms with E-state index < -0.39 is 0 Å². The number of aryl methyl sites for hydroxylation is 1. The number of nitrogens with one attached hydrogen (secondary N) is 1. The third-order valence-corrected chi connectivity index (χ3v) is 4.92. The minimum absolute atomic E-state index is 0.0444. The van der Waals surface area contributed by atoms with Crippen molar-refractivity contribution in [3.05, 3.63) is 67.8 Å². The van der Waals surface area contributed by atoms with Crippen molar-refractivity contribution in [2.45, 2.75) is 26.6 Å². The van der Waals surface area contributed by atoms with Gasteiger partial charge in [-0.05, 0) is 31.2 Å². The van der Waals surface area contributed by atoms with Gasteiger partial charge < -0.3 is 14.5 Å². The van der Waals surface area contributed by atoms with Crippen molar-refractivity contribution in [1.82, 2.24) is 15.1 Å². The molecule has 3 rings (SSSR count). The summed E-state index contributed by atoms with van der Waals surface area (Å²) >= 11 is 24.1. The fraction of sp³-hybridized carbons (Fsp3) is 0.222. The van der Waals surface area contributed by atoms with Crippen molar-refractivity contribution in [3.8, 4) is 5.75 Å². The molecule has 3 aromatic rings. The molecular formula is C18H15Cl4N3O3. The molecule has 6 nitrogen and oxygen atoms in total. The topological polar surface area (TPSA) is 69.3 Å². The molecular weight excluding hydrogens is 448 g/mol. The van der Waals surface area contributed by atoms with E-state index in [1.54, 1.807) is 23.0 Å². The fourth-order valence-electron chi connectivity index (χ4n) is 2.47. The molecule has 28 heavy (non-hydrogen) atoms. The fourth-order valence-corrected chi connectivity index (χ4v) is 3.61. The Hall–Kier alpha value is -1.86. The molecule has 0 saturated heterocycles. The lowest BCUT2D eigenvalue weighted by molar-refractivity contribution is 0.0918. The Balaban J connectivity index is 1.61. The summed E-state index contributed by atoms with van der Waals surface area (Å²) in [6, 6.07) is 6.24. The summed E-state index contributed by atoms with van der Waals surface area (Å²) < 4.78 is 12.8. The van der Waals surface area contributed by atoms with Gasteiger partial charge in [0.25, 0.3) is 5.91 Å². The molecule has 0 aliphatic heterocycles. The molecule has 0 aliphatic rings. The lowest BCUT2D eigenvalue weighted by Gasteiger charge is -2.09. The van der Waals surface area contributed by atoms with Crippen LogP contribution in [0.4, 0.5) is 0 Å². The number of halogens is 4. The van der Waals surface area contributed by atoms with Crippen LogP contribution in [0.25, 0.3) is 0 Å². The lowest BCUT2D eigenvalue weighted by Crippen LogP contribution is -2.24. The molecule has 1 amide bonds. The average Bonchev–Trinajstić information content (AvgIpc) is 3.25. The van der Waals surface area contributed by atoms with Crippen LogP contribution in [0.5, 0.6) is 5.75 Å². The summed E-state index contributed by atoms with van der Waals surface area (Å²) in [7, 11) is 0. The van der Waals surface area contributed by atoms with Gasteiger partial charge in [0.1, 0.15) is 12.4 Å². The van der Waals surface area contributed by atoms with Gasteiger partial charge in [-0.1, -0.05) is 46.4 Å². The first-order valence-corrected chi connectivity index (χ1v) is 9.74. The van der Waals surface area contributed by atoms with Crippen LogP contribution in [-0.4, -0.2) is 15.7 Å². The van der Waals surface area contributed by atoms with E-state index in [9.17, 15) is 4.79 Å². The van der Waals surface area contributed by atoms with E-state index in [1.165, 1.54) is 12.1 Å². The molecule has 0 radical (unpaired) electrons. The molecule has 0 fully saturated rings.